The van der Waals surface area contributed by atoms with Gasteiger partial charge in [-0.3, -0.25) is 4.79 Å². The fourth-order valence-corrected chi connectivity index (χ4v) is 4.25. The second-order valence-corrected chi connectivity index (χ2v) is 7.36. The molecular weight excluding hydrogens is 340 g/mol. The number of likely N-dealkylation sites (tertiary alicyclic amines) is 1. The third-order valence-electron chi connectivity index (χ3n) is 5.68. The van der Waals surface area contributed by atoms with Gasteiger partial charge in [0.15, 0.2) is 0 Å². The molecule has 1 aliphatic carbocycles. The second-order valence-electron chi connectivity index (χ2n) is 7.36. The summed E-state index contributed by atoms with van der Waals surface area (Å²) in [6.45, 7) is -0.266. The second kappa shape index (κ2) is 9.04. The average molecular weight is 366 g/mol. The van der Waals surface area contributed by atoms with E-state index in [1.54, 1.807) is 0 Å². The van der Waals surface area contributed by atoms with Crippen LogP contribution in [0.2, 0.25) is 0 Å². The molecule has 5 heteroatoms. The van der Waals surface area contributed by atoms with Crippen molar-refractivity contribution < 1.29 is 14.6 Å². The van der Waals surface area contributed by atoms with Crippen molar-refractivity contribution in [2.45, 2.75) is 50.1 Å². The van der Waals surface area contributed by atoms with Crippen LogP contribution in [-0.4, -0.2) is 48.3 Å². The Kier molecular flexibility index (Phi) is 6.50. The summed E-state index contributed by atoms with van der Waals surface area (Å²) < 4.78 is 4.88. The number of hydrogen-bond donors (Lipinski definition) is 1. The smallest absolute Gasteiger partial charge is 0.249 e. The highest BCUT2D eigenvalue weighted by Crippen LogP contribution is 2.40. The van der Waals surface area contributed by atoms with Crippen LogP contribution in [0.3, 0.4) is 0 Å². The number of methoxy groups -OCH3 is 1. The summed E-state index contributed by atoms with van der Waals surface area (Å²) in [6.07, 6.45) is 6.22. The molecule has 2 fully saturated rings. The van der Waals surface area contributed by atoms with Crippen LogP contribution >= 0.6 is 0 Å². The molecule has 1 N–H and O–H groups in total. The molecule has 1 aliphatic heterocycles. The summed E-state index contributed by atoms with van der Waals surface area (Å²) >= 11 is 0. The molecule has 1 heterocycles. The average Bonchev–Trinajstić information content (AvgIpc) is 3.16. The number of nitrogens with zero attached hydrogens (tertiary/aromatic N) is 2. The molecule has 3 rings (SSSR count). The predicted octanol–water partition coefficient (Wildman–Crippen LogP) is 2.44. The zero-order chi connectivity index (χ0) is 19.2. The van der Waals surface area contributed by atoms with Gasteiger partial charge in [0.25, 0.3) is 0 Å². The lowest BCUT2D eigenvalue weighted by Crippen LogP contribution is -2.65. The van der Waals surface area contributed by atoms with Crippen LogP contribution in [0, 0.1) is 29.1 Å². The van der Waals surface area contributed by atoms with Crippen molar-refractivity contribution in [2.24, 2.45) is 5.92 Å². The number of benzene rings is 1. The van der Waals surface area contributed by atoms with Crippen molar-refractivity contribution in [3.05, 3.63) is 35.4 Å². The quantitative estimate of drug-likeness (QED) is 0.813. The van der Waals surface area contributed by atoms with E-state index in [2.05, 4.69) is 17.9 Å². The molecule has 1 amide bonds. The maximum absolute atomic E-state index is 12.1. The molecule has 1 aromatic rings. The van der Waals surface area contributed by atoms with Gasteiger partial charge in [-0.25, -0.2) is 0 Å². The molecule has 27 heavy (non-hydrogen) atoms. The SMILES string of the molecule is COCC(=O)N1[C@H](CO)[C@H](c2ccc(C#CCC3CCCC3)cc2)[C@@H]1C#N. The maximum Gasteiger partial charge on any atom is 0.249 e. The van der Waals surface area contributed by atoms with E-state index >= 15 is 0 Å². The van der Waals surface area contributed by atoms with Gasteiger partial charge in [0, 0.05) is 25.0 Å². The number of hydrogen-bond acceptors (Lipinski definition) is 4. The lowest BCUT2D eigenvalue weighted by atomic mass is 9.75. The fourth-order valence-electron chi connectivity index (χ4n) is 4.25. The van der Waals surface area contributed by atoms with Crippen molar-refractivity contribution >= 4 is 5.91 Å². The van der Waals surface area contributed by atoms with Crippen LogP contribution in [0.25, 0.3) is 0 Å². The molecule has 0 radical (unpaired) electrons. The minimum Gasteiger partial charge on any atom is -0.394 e. The number of aliphatic hydroxyl groups is 1. The molecule has 1 aromatic carbocycles. The highest BCUT2D eigenvalue weighted by molar-refractivity contribution is 5.80. The number of ether oxygens (including phenoxy) is 1. The molecule has 0 bridgehead atoms. The van der Waals surface area contributed by atoms with E-state index in [0.29, 0.717) is 0 Å². The third-order valence-corrected chi connectivity index (χ3v) is 5.68. The van der Waals surface area contributed by atoms with Crippen LogP contribution < -0.4 is 0 Å². The number of carbonyl (C=O) groups excluding carboxylic acids is 1. The Labute approximate surface area is 160 Å². The predicted molar refractivity (Wildman–Crippen MR) is 102 cm³/mol. The van der Waals surface area contributed by atoms with Gasteiger partial charge >= 0.3 is 0 Å². The summed E-state index contributed by atoms with van der Waals surface area (Å²) in [7, 11) is 1.44. The monoisotopic (exact) mass is 366 g/mol. The summed E-state index contributed by atoms with van der Waals surface area (Å²) in [5.74, 6) is 6.80. The minimum atomic E-state index is -0.580. The standard InChI is InChI=1S/C22H26N2O3/c1-27-15-21(26)24-19(13-23)22(20(24)14-25)18-11-9-17(10-12-18)8-4-7-16-5-2-3-6-16/h9-12,16,19-20,22,25H,2-3,5-7,14-15H2,1H3/t19-,20+,22+/m0/s1. The normalized spacial score (nSPS) is 24.6. The molecule has 5 nitrogen and oxygen atoms in total. The van der Waals surface area contributed by atoms with Gasteiger partial charge in [-0.1, -0.05) is 36.8 Å². The first-order valence-corrected chi connectivity index (χ1v) is 9.59. The van der Waals surface area contributed by atoms with E-state index in [4.69, 9.17) is 4.74 Å². The molecule has 0 spiro atoms. The Morgan fingerprint density at radius 1 is 1.30 bits per heavy atom. The molecule has 0 unspecified atom stereocenters. The van der Waals surface area contributed by atoms with Crippen LogP contribution in [0.5, 0.6) is 0 Å². The summed E-state index contributed by atoms with van der Waals surface area (Å²) in [4.78, 5) is 13.6. The summed E-state index contributed by atoms with van der Waals surface area (Å²) in [5, 5.41) is 19.2. The maximum atomic E-state index is 12.1. The van der Waals surface area contributed by atoms with Crippen molar-refractivity contribution in [1.82, 2.24) is 4.90 Å². The molecule has 2 aliphatic rings. The topological polar surface area (TPSA) is 73.6 Å². The van der Waals surface area contributed by atoms with E-state index in [0.717, 1.165) is 23.5 Å². The van der Waals surface area contributed by atoms with Crippen molar-refractivity contribution in [3.8, 4) is 17.9 Å². The zero-order valence-electron chi connectivity index (χ0n) is 15.7. The van der Waals surface area contributed by atoms with Gasteiger partial charge < -0.3 is 14.7 Å². The van der Waals surface area contributed by atoms with E-state index in [1.807, 2.05) is 24.3 Å². The fraction of sp³-hybridized carbons (Fsp3) is 0.545. The van der Waals surface area contributed by atoms with Crippen LogP contribution in [0.15, 0.2) is 24.3 Å². The molecule has 1 saturated carbocycles. The number of carbonyl (C=O) groups is 1. The van der Waals surface area contributed by atoms with Crippen molar-refractivity contribution in [1.29, 1.82) is 5.26 Å². The van der Waals surface area contributed by atoms with E-state index in [-0.39, 0.29) is 25.0 Å². The Morgan fingerprint density at radius 2 is 2.00 bits per heavy atom. The first-order chi connectivity index (χ1) is 13.2. The molecule has 3 atom stereocenters. The van der Waals surface area contributed by atoms with Gasteiger partial charge in [0.05, 0.1) is 18.7 Å². The van der Waals surface area contributed by atoms with Gasteiger partial charge in [-0.05, 0) is 36.5 Å². The molecule has 0 aromatic heterocycles. The Hall–Kier alpha value is -2.34. The summed E-state index contributed by atoms with van der Waals surface area (Å²) in [6, 6.07) is 9.05. The molecule has 142 valence electrons. The summed E-state index contributed by atoms with van der Waals surface area (Å²) in [5.41, 5.74) is 1.90. The number of rotatable bonds is 5. The van der Waals surface area contributed by atoms with E-state index in [9.17, 15) is 15.2 Å². The number of nitriles is 1. The zero-order valence-corrected chi connectivity index (χ0v) is 15.7. The van der Waals surface area contributed by atoms with Crippen molar-refractivity contribution in [2.75, 3.05) is 20.3 Å². The van der Waals surface area contributed by atoms with Crippen LogP contribution in [0.4, 0.5) is 0 Å². The molecule has 1 saturated heterocycles. The van der Waals surface area contributed by atoms with Crippen LogP contribution in [0.1, 0.15) is 49.1 Å². The lowest BCUT2D eigenvalue weighted by Gasteiger charge is -2.51. The van der Waals surface area contributed by atoms with E-state index < -0.39 is 12.1 Å². The highest BCUT2D eigenvalue weighted by atomic mass is 16.5. The number of amides is 1. The van der Waals surface area contributed by atoms with Crippen molar-refractivity contribution in [3.63, 3.8) is 0 Å². The van der Waals surface area contributed by atoms with Gasteiger partial charge in [0.1, 0.15) is 12.6 Å². The first-order valence-electron chi connectivity index (χ1n) is 9.59. The van der Waals surface area contributed by atoms with E-state index in [1.165, 1.54) is 37.7 Å². The highest BCUT2D eigenvalue weighted by Gasteiger charge is 2.51. The van der Waals surface area contributed by atoms with Crippen LogP contribution in [-0.2, 0) is 9.53 Å². The van der Waals surface area contributed by atoms with Gasteiger partial charge in [0.2, 0.25) is 5.91 Å². The minimum absolute atomic E-state index is 0.0864. The van der Waals surface area contributed by atoms with Gasteiger partial charge in [-0.15, -0.1) is 0 Å². The van der Waals surface area contributed by atoms with Gasteiger partial charge in [-0.2, -0.15) is 5.26 Å². The molecular formula is C22H26N2O3. The largest absolute Gasteiger partial charge is 0.394 e. The lowest BCUT2D eigenvalue weighted by molar-refractivity contribution is -0.150. The first kappa shape index (κ1) is 19.4. The Bertz CT molecular complexity index is 750. The Morgan fingerprint density at radius 3 is 2.59 bits per heavy atom. The Balaban J connectivity index is 1.67. The number of aliphatic hydroxyl groups excluding tert-OH is 1. The third kappa shape index (κ3) is 4.16.